The van der Waals surface area contributed by atoms with Crippen LogP contribution < -0.4 is 0 Å². The Morgan fingerprint density at radius 3 is 2.07 bits per heavy atom. The molecule has 0 radical (unpaired) electrons. The molecule has 1 rings (SSSR count). The van der Waals surface area contributed by atoms with Crippen molar-refractivity contribution in [2.24, 2.45) is 0 Å². The molecule has 0 saturated carbocycles. The van der Waals surface area contributed by atoms with Gasteiger partial charge in [0.25, 0.3) is 0 Å². The summed E-state index contributed by atoms with van der Waals surface area (Å²) in [5.41, 5.74) is 2.89. The van der Waals surface area contributed by atoms with E-state index < -0.39 is 0 Å². The average molecular weight is 196 g/mol. The van der Waals surface area contributed by atoms with Gasteiger partial charge in [-0.2, -0.15) is 0 Å². The summed E-state index contributed by atoms with van der Waals surface area (Å²) in [4.78, 5) is 0. The Bertz CT molecular complexity index is 277. The fourth-order valence-corrected chi connectivity index (χ4v) is 1.38. The SMILES string of the molecule is COCc1cc(C)c(O)cc1COC. The van der Waals surface area contributed by atoms with Crippen molar-refractivity contribution >= 4 is 0 Å². The van der Waals surface area contributed by atoms with Crippen LogP contribution in [0.15, 0.2) is 12.1 Å². The van der Waals surface area contributed by atoms with Crippen LogP contribution in [0.3, 0.4) is 0 Å². The van der Waals surface area contributed by atoms with Crippen LogP contribution in [0.5, 0.6) is 5.75 Å². The third kappa shape index (κ3) is 2.47. The zero-order valence-electron chi connectivity index (χ0n) is 8.83. The Kier molecular flexibility index (Phi) is 3.92. The smallest absolute Gasteiger partial charge is 0.118 e. The molecule has 3 heteroatoms. The van der Waals surface area contributed by atoms with Gasteiger partial charge in [0.05, 0.1) is 13.2 Å². The number of benzene rings is 1. The molecule has 1 aromatic rings. The van der Waals surface area contributed by atoms with E-state index in [1.54, 1.807) is 20.3 Å². The molecule has 3 nitrogen and oxygen atoms in total. The van der Waals surface area contributed by atoms with Gasteiger partial charge < -0.3 is 14.6 Å². The van der Waals surface area contributed by atoms with Crippen molar-refractivity contribution in [1.82, 2.24) is 0 Å². The molecule has 78 valence electrons. The zero-order chi connectivity index (χ0) is 10.6. The minimum Gasteiger partial charge on any atom is -0.508 e. The van der Waals surface area contributed by atoms with E-state index in [0.29, 0.717) is 19.0 Å². The number of phenols is 1. The highest BCUT2D eigenvalue weighted by Crippen LogP contribution is 2.22. The van der Waals surface area contributed by atoms with E-state index in [1.807, 2.05) is 13.0 Å². The number of ether oxygens (including phenoxy) is 2. The maximum atomic E-state index is 9.52. The second-order valence-electron chi connectivity index (χ2n) is 3.27. The Morgan fingerprint density at radius 1 is 1.07 bits per heavy atom. The van der Waals surface area contributed by atoms with Crippen LogP contribution in [-0.4, -0.2) is 19.3 Å². The average Bonchev–Trinajstić information content (AvgIpc) is 2.14. The van der Waals surface area contributed by atoms with E-state index in [2.05, 4.69) is 0 Å². The van der Waals surface area contributed by atoms with Crippen LogP contribution in [0, 0.1) is 6.92 Å². The lowest BCUT2D eigenvalue weighted by atomic mass is 10.0. The second-order valence-corrected chi connectivity index (χ2v) is 3.27. The predicted molar refractivity (Wildman–Crippen MR) is 54.3 cm³/mol. The maximum absolute atomic E-state index is 9.52. The number of rotatable bonds is 4. The summed E-state index contributed by atoms with van der Waals surface area (Å²) in [7, 11) is 3.28. The van der Waals surface area contributed by atoms with Gasteiger partial charge in [0.1, 0.15) is 5.75 Å². The Balaban J connectivity index is 3.03. The monoisotopic (exact) mass is 196 g/mol. The third-order valence-electron chi connectivity index (χ3n) is 2.12. The molecule has 0 atom stereocenters. The molecule has 1 aromatic carbocycles. The van der Waals surface area contributed by atoms with Crippen molar-refractivity contribution < 1.29 is 14.6 Å². The quantitative estimate of drug-likeness (QED) is 0.800. The van der Waals surface area contributed by atoms with Gasteiger partial charge in [0.15, 0.2) is 0 Å². The molecule has 0 aliphatic heterocycles. The van der Waals surface area contributed by atoms with Crippen molar-refractivity contribution in [1.29, 1.82) is 0 Å². The van der Waals surface area contributed by atoms with Crippen LogP contribution >= 0.6 is 0 Å². The summed E-state index contributed by atoms with van der Waals surface area (Å²) < 4.78 is 10.1. The Morgan fingerprint density at radius 2 is 1.57 bits per heavy atom. The van der Waals surface area contributed by atoms with Crippen molar-refractivity contribution in [3.63, 3.8) is 0 Å². The van der Waals surface area contributed by atoms with Gasteiger partial charge in [-0.05, 0) is 35.7 Å². The number of phenolic OH excluding ortho intramolecular Hbond substituents is 1. The van der Waals surface area contributed by atoms with Crippen molar-refractivity contribution in [3.8, 4) is 5.75 Å². The second kappa shape index (κ2) is 4.98. The normalized spacial score (nSPS) is 10.5. The zero-order valence-corrected chi connectivity index (χ0v) is 8.83. The molecule has 0 heterocycles. The topological polar surface area (TPSA) is 38.7 Å². The standard InChI is InChI=1S/C11H16O3/c1-8-4-9(6-13-2)10(7-14-3)5-11(8)12/h4-5,12H,6-7H2,1-3H3. The summed E-state index contributed by atoms with van der Waals surface area (Å²) in [6, 6.07) is 3.65. The summed E-state index contributed by atoms with van der Waals surface area (Å²) in [5, 5.41) is 9.52. The number of aryl methyl sites for hydroxylation is 1. The Labute approximate surface area is 84.3 Å². The minimum atomic E-state index is 0.303. The molecule has 0 unspecified atom stereocenters. The number of aromatic hydroxyl groups is 1. The largest absolute Gasteiger partial charge is 0.508 e. The van der Waals surface area contributed by atoms with Gasteiger partial charge in [0, 0.05) is 14.2 Å². The first-order valence-electron chi connectivity index (χ1n) is 4.48. The van der Waals surface area contributed by atoms with Gasteiger partial charge in [-0.3, -0.25) is 0 Å². The van der Waals surface area contributed by atoms with E-state index in [4.69, 9.17) is 9.47 Å². The highest BCUT2D eigenvalue weighted by atomic mass is 16.5. The molecule has 0 aromatic heterocycles. The first-order valence-corrected chi connectivity index (χ1v) is 4.48. The molecule has 0 fully saturated rings. The summed E-state index contributed by atoms with van der Waals surface area (Å²) in [6.07, 6.45) is 0. The minimum absolute atomic E-state index is 0.303. The summed E-state index contributed by atoms with van der Waals surface area (Å²) in [6.45, 7) is 2.90. The number of hydrogen-bond donors (Lipinski definition) is 1. The molecule has 14 heavy (non-hydrogen) atoms. The summed E-state index contributed by atoms with van der Waals surface area (Å²) >= 11 is 0. The molecular formula is C11H16O3. The lowest BCUT2D eigenvalue weighted by Gasteiger charge is -2.10. The molecule has 0 aliphatic rings. The lowest BCUT2D eigenvalue weighted by Crippen LogP contribution is -1.98. The van der Waals surface area contributed by atoms with E-state index in [-0.39, 0.29) is 0 Å². The lowest BCUT2D eigenvalue weighted by molar-refractivity contribution is 0.168. The van der Waals surface area contributed by atoms with E-state index in [0.717, 1.165) is 16.7 Å². The van der Waals surface area contributed by atoms with Gasteiger partial charge in [-0.25, -0.2) is 0 Å². The van der Waals surface area contributed by atoms with Gasteiger partial charge in [-0.15, -0.1) is 0 Å². The highest BCUT2D eigenvalue weighted by molar-refractivity contribution is 5.40. The van der Waals surface area contributed by atoms with E-state index in [1.165, 1.54) is 0 Å². The maximum Gasteiger partial charge on any atom is 0.118 e. The van der Waals surface area contributed by atoms with Crippen molar-refractivity contribution in [2.75, 3.05) is 14.2 Å². The van der Waals surface area contributed by atoms with Crippen LogP contribution in [0.25, 0.3) is 0 Å². The molecule has 0 saturated heterocycles. The van der Waals surface area contributed by atoms with E-state index in [9.17, 15) is 5.11 Å². The van der Waals surface area contributed by atoms with Crippen LogP contribution in [-0.2, 0) is 22.7 Å². The van der Waals surface area contributed by atoms with Crippen molar-refractivity contribution in [3.05, 3.63) is 28.8 Å². The Hall–Kier alpha value is -1.06. The van der Waals surface area contributed by atoms with E-state index >= 15 is 0 Å². The summed E-state index contributed by atoms with van der Waals surface area (Å²) in [5.74, 6) is 0.303. The molecule has 0 aliphatic carbocycles. The first kappa shape index (κ1) is 11.0. The molecule has 0 amide bonds. The number of hydrogen-bond acceptors (Lipinski definition) is 3. The van der Waals surface area contributed by atoms with Gasteiger partial charge in [-0.1, -0.05) is 0 Å². The van der Waals surface area contributed by atoms with Gasteiger partial charge >= 0.3 is 0 Å². The van der Waals surface area contributed by atoms with Crippen LogP contribution in [0.2, 0.25) is 0 Å². The fraction of sp³-hybridized carbons (Fsp3) is 0.455. The van der Waals surface area contributed by atoms with Crippen LogP contribution in [0.4, 0.5) is 0 Å². The molecule has 1 N–H and O–H groups in total. The fourth-order valence-electron chi connectivity index (χ4n) is 1.38. The first-order chi connectivity index (χ1) is 6.69. The van der Waals surface area contributed by atoms with Crippen molar-refractivity contribution in [2.45, 2.75) is 20.1 Å². The van der Waals surface area contributed by atoms with Gasteiger partial charge in [0.2, 0.25) is 0 Å². The molecule has 0 spiro atoms. The highest BCUT2D eigenvalue weighted by Gasteiger charge is 2.06. The predicted octanol–water partition coefficient (Wildman–Crippen LogP) is 1.99. The van der Waals surface area contributed by atoms with Crippen LogP contribution in [0.1, 0.15) is 16.7 Å². The number of methoxy groups -OCH3 is 2. The third-order valence-corrected chi connectivity index (χ3v) is 2.12. The molecule has 0 bridgehead atoms. The molecular weight excluding hydrogens is 180 g/mol.